The van der Waals surface area contributed by atoms with Gasteiger partial charge in [0.1, 0.15) is 12.2 Å². The number of hydrogen-bond donors (Lipinski definition) is 0. The van der Waals surface area contributed by atoms with E-state index in [1.54, 1.807) is 43.5 Å². The van der Waals surface area contributed by atoms with E-state index in [0.717, 1.165) is 0 Å². The minimum atomic E-state index is -0.599. The van der Waals surface area contributed by atoms with Gasteiger partial charge in [-0.1, -0.05) is 18.2 Å². The molecule has 0 N–H and O–H groups in total. The van der Waals surface area contributed by atoms with E-state index >= 15 is 0 Å². The first kappa shape index (κ1) is 16.3. The molecule has 0 amide bonds. The molecule has 0 radical (unpaired) electrons. The monoisotopic (exact) mass is 338 g/mol. The number of esters is 1. The van der Waals surface area contributed by atoms with Crippen LogP contribution >= 0.6 is 0 Å². The zero-order chi connectivity index (χ0) is 17.8. The highest BCUT2D eigenvalue weighted by molar-refractivity contribution is 5.90. The predicted octanol–water partition coefficient (Wildman–Crippen LogP) is 2.84. The second-order valence-corrected chi connectivity index (χ2v) is 5.21. The van der Waals surface area contributed by atoms with Crippen LogP contribution in [0.3, 0.4) is 0 Å². The van der Waals surface area contributed by atoms with Crippen LogP contribution in [0.5, 0.6) is 0 Å². The molecule has 0 unspecified atom stereocenters. The Morgan fingerprint density at radius 1 is 1.24 bits per heavy atom. The van der Waals surface area contributed by atoms with Gasteiger partial charge in [0.05, 0.1) is 22.4 Å². The van der Waals surface area contributed by atoms with Crippen LogP contribution in [0.25, 0.3) is 5.82 Å². The topological polar surface area (TPSA) is 100 Å². The summed E-state index contributed by atoms with van der Waals surface area (Å²) in [5.41, 5.74) is 1.10. The van der Waals surface area contributed by atoms with Gasteiger partial charge in [0.15, 0.2) is 5.82 Å². The van der Waals surface area contributed by atoms with E-state index in [2.05, 4.69) is 10.1 Å². The van der Waals surface area contributed by atoms with Gasteiger partial charge in [-0.3, -0.25) is 10.1 Å². The van der Waals surface area contributed by atoms with Gasteiger partial charge < -0.3 is 4.74 Å². The van der Waals surface area contributed by atoms with Crippen molar-refractivity contribution in [1.29, 1.82) is 0 Å². The van der Waals surface area contributed by atoms with E-state index in [-0.39, 0.29) is 17.9 Å². The number of nitrogens with zero attached hydrogens (tertiary/aromatic N) is 4. The summed E-state index contributed by atoms with van der Waals surface area (Å²) in [6.07, 6.45) is 3.02. The summed E-state index contributed by atoms with van der Waals surface area (Å²) in [6.45, 7) is 1.54. The van der Waals surface area contributed by atoms with Crippen molar-refractivity contribution >= 4 is 11.7 Å². The van der Waals surface area contributed by atoms with Crippen LogP contribution < -0.4 is 0 Å². The normalized spacial score (nSPS) is 10.4. The lowest BCUT2D eigenvalue weighted by Gasteiger charge is -2.06. The summed E-state index contributed by atoms with van der Waals surface area (Å²) in [6, 6.07) is 11.5. The van der Waals surface area contributed by atoms with E-state index in [9.17, 15) is 14.9 Å². The first-order valence-corrected chi connectivity index (χ1v) is 7.43. The molecular formula is C17H14N4O4. The third-order valence-electron chi connectivity index (χ3n) is 3.64. The number of benzene rings is 1. The van der Waals surface area contributed by atoms with Gasteiger partial charge >= 0.3 is 5.97 Å². The smallest absolute Gasteiger partial charge is 0.341 e. The van der Waals surface area contributed by atoms with Crippen molar-refractivity contribution in [3.8, 4) is 5.82 Å². The SMILES string of the molecule is Cc1c(C(=O)OCc2ccccc2[N+](=O)[O-])cnn1-c1ccccn1. The van der Waals surface area contributed by atoms with E-state index in [4.69, 9.17) is 4.74 Å². The molecule has 0 spiro atoms. The third kappa shape index (κ3) is 3.37. The van der Waals surface area contributed by atoms with Gasteiger partial charge in [-0.05, 0) is 25.1 Å². The highest BCUT2D eigenvalue weighted by Gasteiger charge is 2.19. The molecule has 0 saturated heterocycles. The van der Waals surface area contributed by atoms with Crippen molar-refractivity contribution in [2.24, 2.45) is 0 Å². The van der Waals surface area contributed by atoms with Crippen molar-refractivity contribution in [3.63, 3.8) is 0 Å². The van der Waals surface area contributed by atoms with E-state index in [1.165, 1.54) is 16.9 Å². The Morgan fingerprint density at radius 2 is 2.00 bits per heavy atom. The maximum Gasteiger partial charge on any atom is 0.341 e. The number of aromatic nitrogens is 3. The molecule has 0 fully saturated rings. The lowest BCUT2D eigenvalue weighted by molar-refractivity contribution is -0.385. The molecule has 1 aromatic carbocycles. The average molecular weight is 338 g/mol. The first-order valence-electron chi connectivity index (χ1n) is 7.43. The Labute approximate surface area is 142 Å². The number of rotatable bonds is 5. The molecule has 0 bridgehead atoms. The molecule has 126 valence electrons. The fraction of sp³-hybridized carbons (Fsp3) is 0.118. The molecule has 0 atom stereocenters. The largest absolute Gasteiger partial charge is 0.457 e. The number of pyridine rings is 1. The van der Waals surface area contributed by atoms with Gasteiger partial charge in [0.2, 0.25) is 0 Å². The number of para-hydroxylation sites is 1. The Bertz CT molecular complexity index is 921. The van der Waals surface area contributed by atoms with Gasteiger partial charge in [-0.25, -0.2) is 14.5 Å². The van der Waals surface area contributed by atoms with Crippen LogP contribution in [0.2, 0.25) is 0 Å². The second-order valence-electron chi connectivity index (χ2n) is 5.21. The number of carbonyl (C=O) groups excluding carboxylic acids is 1. The number of nitro benzene ring substituents is 1. The third-order valence-corrected chi connectivity index (χ3v) is 3.64. The zero-order valence-corrected chi connectivity index (χ0v) is 13.3. The van der Waals surface area contributed by atoms with Crippen molar-refractivity contribution < 1.29 is 14.5 Å². The highest BCUT2D eigenvalue weighted by Crippen LogP contribution is 2.20. The Morgan fingerprint density at radius 3 is 2.72 bits per heavy atom. The Balaban J connectivity index is 1.77. The summed E-state index contributed by atoms with van der Waals surface area (Å²) in [5.74, 6) is -0.0180. The summed E-state index contributed by atoms with van der Waals surface area (Å²) in [5, 5.41) is 15.1. The minimum Gasteiger partial charge on any atom is -0.457 e. The molecule has 0 saturated carbocycles. The van der Waals surface area contributed by atoms with Gasteiger partial charge in [0, 0.05) is 12.3 Å². The van der Waals surface area contributed by atoms with Crippen molar-refractivity contribution in [2.45, 2.75) is 13.5 Å². The van der Waals surface area contributed by atoms with Crippen LogP contribution in [0, 0.1) is 17.0 Å². The van der Waals surface area contributed by atoms with Gasteiger partial charge in [0.25, 0.3) is 5.69 Å². The summed E-state index contributed by atoms with van der Waals surface area (Å²) >= 11 is 0. The number of nitro groups is 1. The molecule has 8 nitrogen and oxygen atoms in total. The summed E-state index contributed by atoms with van der Waals surface area (Å²) in [4.78, 5) is 27.0. The maximum atomic E-state index is 12.3. The standard InChI is InChI=1S/C17H14N4O4/c1-12-14(10-19-20(12)16-8-4-5-9-18-16)17(22)25-11-13-6-2-3-7-15(13)21(23)24/h2-10H,11H2,1H3. The number of ether oxygens (including phenoxy) is 1. The Hall–Kier alpha value is -3.55. The molecule has 3 aromatic rings. The lowest BCUT2D eigenvalue weighted by Crippen LogP contribution is -2.08. The first-order chi connectivity index (χ1) is 12.1. The van der Waals surface area contributed by atoms with Crippen molar-refractivity contribution in [2.75, 3.05) is 0 Å². The molecule has 0 aliphatic heterocycles. The highest BCUT2D eigenvalue weighted by atomic mass is 16.6. The predicted molar refractivity (Wildman–Crippen MR) is 88.3 cm³/mol. The number of carbonyl (C=O) groups is 1. The van der Waals surface area contributed by atoms with E-state index in [1.807, 2.05) is 6.07 Å². The van der Waals surface area contributed by atoms with Gasteiger partial charge in [-0.2, -0.15) is 5.10 Å². The van der Waals surface area contributed by atoms with E-state index < -0.39 is 10.9 Å². The fourth-order valence-corrected chi connectivity index (χ4v) is 2.35. The van der Waals surface area contributed by atoms with Crippen LogP contribution in [-0.4, -0.2) is 25.7 Å². The quantitative estimate of drug-likeness (QED) is 0.403. The Kier molecular flexibility index (Phi) is 4.51. The van der Waals surface area contributed by atoms with E-state index in [0.29, 0.717) is 17.1 Å². The minimum absolute atomic E-state index is 0.0868. The molecular weight excluding hydrogens is 324 g/mol. The van der Waals surface area contributed by atoms with Crippen LogP contribution in [0.4, 0.5) is 5.69 Å². The molecule has 3 rings (SSSR count). The molecule has 0 aliphatic carbocycles. The van der Waals surface area contributed by atoms with Crippen LogP contribution in [0.15, 0.2) is 54.9 Å². The summed E-state index contributed by atoms with van der Waals surface area (Å²) in [7, 11) is 0. The molecule has 25 heavy (non-hydrogen) atoms. The summed E-state index contributed by atoms with van der Waals surface area (Å²) < 4.78 is 6.75. The second kappa shape index (κ2) is 6.91. The van der Waals surface area contributed by atoms with Crippen molar-refractivity contribution in [1.82, 2.24) is 14.8 Å². The molecule has 2 aromatic heterocycles. The lowest BCUT2D eigenvalue weighted by atomic mass is 10.2. The average Bonchev–Trinajstić information content (AvgIpc) is 3.02. The molecule has 2 heterocycles. The zero-order valence-electron chi connectivity index (χ0n) is 13.3. The fourth-order valence-electron chi connectivity index (χ4n) is 2.35. The number of hydrogen-bond acceptors (Lipinski definition) is 6. The van der Waals surface area contributed by atoms with Crippen LogP contribution in [-0.2, 0) is 11.3 Å². The molecule has 0 aliphatic rings. The van der Waals surface area contributed by atoms with Crippen molar-refractivity contribution in [3.05, 3.63) is 81.8 Å². The molecule has 8 heteroatoms. The van der Waals surface area contributed by atoms with Gasteiger partial charge in [-0.15, -0.1) is 0 Å². The maximum absolute atomic E-state index is 12.3. The van der Waals surface area contributed by atoms with Crippen LogP contribution in [0.1, 0.15) is 21.6 Å².